The molecule has 1 aromatic carbocycles. The monoisotopic (exact) mass is 312 g/mol. The molecule has 1 saturated heterocycles. The van der Waals surface area contributed by atoms with Crippen LogP contribution in [0.3, 0.4) is 0 Å². The highest BCUT2D eigenvalue weighted by atomic mass is 16.6. The third-order valence-corrected chi connectivity index (χ3v) is 3.86. The minimum absolute atomic E-state index is 0.167. The Morgan fingerprint density at radius 3 is 2.96 bits per heavy atom. The Bertz CT molecular complexity index is 782. The molecular formula is C17H20N4O2. The molecule has 120 valence electrons. The Hall–Kier alpha value is -2.55. The first-order chi connectivity index (χ1) is 10.9. The van der Waals surface area contributed by atoms with Crippen molar-refractivity contribution >= 4 is 17.1 Å². The minimum Gasteiger partial charge on any atom is -0.444 e. The van der Waals surface area contributed by atoms with Crippen molar-refractivity contribution in [3.05, 3.63) is 29.6 Å². The number of hydrogen-bond donors (Lipinski definition) is 1. The van der Waals surface area contributed by atoms with Crippen LogP contribution in [-0.2, 0) is 4.74 Å². The molecule has 3 rings (SSSR count). The molecule has 0 saturated carbocycles. The van der Waals surface area contributed by atoms with Crippen LogP contribution >= 0.6 is 0 Å². The van der Waals surface area contributed by atoms with Gasteiger partial charge in [-0.05, 0) is 45.4 Å². The number of fused-ring (bicyclic) bond motifs is 1. The lowest BCUT2D eigenvalue weighted by Crippen LogP contribution is -2.35. The number of H-pyrrole nitrogens is 1. The van der Waals surface area contributed by atoms with Crippen molar-refractivity contribution < 1.29 is 9.53 Å². The molecular weight excluding hydrogens is 292 g/mol. The first-order valence-corrected chi connectivity index (χ1v) is 7.73. The SMILES string of the molecule is CC(C)(C)OC(=O)N1CCC(c2nc3ccc(C#N)cc3[nH]2)C1. The maximum absolute atomic E-state index is 12.1. The fourth-order valence-corrected chi connectivity index (χ4v) is 2.77. The molecule has 1 unspecified atom stereocenters. The maximum Gasteiger partial charge on any atom is 0.410 e. The van der Waals surface area contributed by atoms with E-state index >= 15 is 0 Å². The van der Waals surface area contributed by atoms with E-state index < -0.39 is 5.60 Å². The Kier molecular flexibility index (Phi) is 3.72. The van der Waals surface area contributed by atoms with Gasteiger partial charge in [-0.1, -0.05) is 0 Å². The number of carbonyl (C=O) groups is 1. The van der Waals surface area contributed by atoms with E-state index in [0.717, 1.165) is 23.3 Å². The van der Waals surface area contributed by atoms with E-state index in [9.17, 15) is 4.79 Å². The first-order valence-electron chi connectivity index (χ1n) is 7.73. The minimum atomic E-state index is -0.484. The molecule has 1 aliphatic rings. The van der Waals surface area contributed by atoms with Crippen LogP contribution in [0.2, 0.25) is 0 Å². The average Bonchev–Trinajstić information content (AvgIpc) is 3.11. The van der Waals surface area contributed by atoms with Gasteiger partial charge in [-0.2, -0.15) is 5.26 Å². The number of nitriles is 1. The number of ether oxygens (including phenoxy) is 1. The van der Waals surface area contributed by atoms with Gasteiger partial charge in [0.25, 0.3) is 0 Å². The van der Waals surface area contributed by atoms with Crippen LogP contribution in [0.1, 0.15) is 44.5 Å². The van der Waals surface area contributed by atoms with E-state index in [-0.39, 0.29) is 12.0 Å². The molecule has 2 heterocycles. The highest BCUT2D eigenvalue weighted by Gasteiger charge is 2.32. The molecule has 0 spiro atoms. The second kappa shape index (κ2) is 5.58. The van der Waals surface area contributed by atoms with E-state index in [1.807, 2.05) is 26.8 Å². The van der Waals surface area contributed by atoms with E-state index in [1.165, 1.54) is 0 Å². The lowest BCUT2D eigenvalue weighted by molar-refractivity contribution is 0.0292. The van der Waals surface area contributed by atoms with Crippen molar-refractivity contribution in [1.29, 1.82) is 5.26 Å². The number of hydrogen-bond acceptors (Lipinski definition) is 4. The number of rotatable bonds is 1. The molecule has 1 aromatic heterocycles. The molecule has 6 heteroatoms. The van der Waals surface area contributed by atoms with Gasteiger partial charge in [0, 0.05) is 19.0 Å². The van der Waals surface area contributed by atoms with Crippen molar-refractivity contribution in [2.45, 2.75) is 38.7 Å². The molecule has 1 aliphatic heterocycles. The predicted octanol–water partition coefficient (Wildman–Crippen LogP) is 3.16. The number of nitrogens with zero attached hydrogens (tertiary/aromatic N) is 3. The van der Waals surface area contributed by atoms with Crippen molar-refractivity contribution in [2.75, 3.05) is 13.1 Å². The van der Waals surface area contributed by atoms with Crippen LogP contribution in [0.15, 0.2) is 18.2 Å². The first kappa shape index (κ1) is 15.3. The van der Waals surface area contributed by atoms with Gasteiger partial charge in [0.2, 0.25) is 0 Å². The molecule has 1 amide bonds. The Morgan fingerprint density at radius 2 is 2.26 bits per heavy atom. The van der Waals surface area contributed by atoms with Gasteiger partial charge in [-0.3, -0.25) is 0 Å². The zero-order valence-electron chi connectivity index (χ0n) is 13.6. The third kappa shape index (κ3) is 3.29. The Balaban J connectivity index is 1.74. The fourth-order valence-electron chi connectivity index (χ4n) is 2.77. The second-order valence-electron chi connectivity index (χ2n) is 6.88. The van der Waals surface area contributed by atoms with Crippen LogP contribution < -0.4 is 0 Å². The molecule has 1 atom stereocenters. The van der Waals surface area contributed by atoms with Gasteiger partial charge in [0.15, 0.2) is 0 Å². The molecule has 0 aliphatic carbocycles. The summed E-state index contributed by atoms with van der Waals surface area (Å²) < 4.78 is 5.42. The fraction of sp³-hybridized carbons (Fsp3) is 0.471. The van der Waals surface area contributed by atoms with Crippen molar-refractivity contribution in [3.8, 4) is 6.07 Å². The number of benzene rings is 1. The van der Waals surface area contributed by atoms with E-state index in [0.29, 0.717) is 18.7 Å². The van der Waals surface area contributed by atoms with Gasteiger partial charge in [0.05, 0.1) is 22.7 Å². The van der Waals surface area contributed by atoms with Gasteiger partial charge in [0.1, 0.15) is 11.4 Å². The summed E-state index contributed by atoms with van der Waals surface area (Å²) in [5.74, 6) is 1.03. The lowest BCUT2D eigenvalue weighted by atomic mass is 10.1. The van der Waals surface area contributed by atoms with Crippen molar-refractivity contribution in [3.63, 3.8) is 0 Å². The molecule has 1 N–H and O–H groups in total. The molecule has 23 heavy (non-hydrogen) atoms. The van der Waals surface area contributed by atoms with Gasteiger partial charge >= 0.3 is 6.09 Å². The maximum atomic E-state index is 12.1. The summed E-state index contributed by atoms with van der Waals surface area (Å²) in [6.07, 6.45) is 0.576. The molecule has 1 fully saturated rings. The van der Waals surface area contributed by atoms with E-state index in [2.05, 4.69) is 16.0 Å². The van der Waals surface area contributed by atoms with E-state index in [1.54, 1.807) is 17.0 Å². The molecule has 0 radical (unpaired) electrons. The highest BCUT2D eigenvalue weighted by molar-refractivity contribution is 5.77. The van der Waals surface area contributed by atoms with Crippen molar-refractivity contribution in [2.24, 2.45) is 0 Å². The van der Waals surface area contributed by atoms with Crippen LogP contribution in [0.4, 0.5) is 4.79 Å². The zero-order chi connectivity index (χ0) is 16.6. The second-order valence-corrected chi connectivity index (χ2v) is 6.88. The Labute approximate surface area is 135 Å². The number of aromatic nitrogens is 2. The molecule has 0 bridgehead atoms. The molecule has 6 nitrogen and oxygen atoms in total. The average molecular weight is 312 g/mol. The van der Waals surface area contributed by atoms with Gasteiger partial charge < -0.3 is 14.6 Å². The van der Waals surface area contributed by atoms with Crippen LogP contribution in [-0.4, -0.2) is 39.7 Å². The topological polar surface area (TPSA) is 82.0 Å². The molecule has 2 aromatic rings. The number of likely N-dealkylation sites (tertiary alicyclic amines) is 1. The summed E-state index contributed by atoms with van der Waals surface area (Å²) in [7, 11) is 0. The number of nitrogens with one attached hydrogen (secondary N) is 1. The number of imidazole rings is 1. The standard InChI is InChI=1S/C17H20N4O2/c1-17(2,3)23-16(22)21-7-6-12(10-21)15-19-13-5-4-11(9-18)8-14(13)20-15/h4-5,8,12H,6-7,10H2,1-3H3,(H,19,20). The predicted molar refractivity (Wildman–Crippen MR) is 86.0 cm³/mol. The summed E-state index contributed by atoms with van der Waals surface area (Å²) in [5.41, 5.74) is 1.82. The smallest absolute Gasteiger partial charge is 0.410 e. The number of amides is 1. The summed E-state index contributed by atoms with van der Waals surface area (Å²) in [5, 5.41) is 8.96. The summed E-state index contributed by atoms with van der Waals surface area (Å²) in [4.78, 5) is 21.7. The highest BCUT2D eigenvalue weighted by Crippen LogP contribution is 2.28. The largest absolute Gasteiger partial charge is 0.444 e. The summed E-state index contributed by atoms with van der Waals surface area (Å²) in [6.45, 7) is 6.86. The van der Waals surface area contributed by atoms with Crippen molar-refractivity contribution in [1.82, 2.24) is 14.9 Å². The third-order valence-electron chi connectivity index (χ3n) is 3.86. The lowest BCUT2D eigenvalue weighted by Gasteiger charge is -2.24. The van der Waals surface area contributed by atoms with Gasteiger partial charge in [-0.25, -0.2) is 9.78 Å². The summed E-state index contributed by atoms with van der Waals surface area (Å²) >= 11 is 0. The normalized spacial score (nSPS) is 18.2. The Morgan fingerprint density at radius 1 is 1.48 bits per heavy atom. The summed E-state index contributed by atoms with van der Waals surface area (Å²) in [6, 6.07) is 7.52. The number of aromatic amines is 1. The van der Waals surface area contributed by atoms with Crippen LogP contribution in [0.25, 0.3) is 11.0 Å². The quantitative estimate of drug-likeness (QED) is 0.877. The van der Waals surface area contributed by atoms with Crippen LogP contribution in [0.5, 0.6) is 0 Å². The zero-order valence-corrected chi connectivity index (χ0v) is 13.6. The van der Waals surface area contributed by atoms with E-state index in [4.69, 9.17) is 10.00 Å². The number of carbonyl (C=O) groups excluding carboxylic acids is 1. The van der Waals surface area contributed by atoms with Crippen LogP contribution in [0, 0.1) is 11.3 Å². The van der Waals surface area contributed by atoms with Gasteiger partial charge in [-0.15, -0.1) is 0 Å².